The van der Waals surface area contributed by atoms with Crippen LogP contribution in [0.15, 0.2) is 42.5 Å². The SMILES string of the molecule is CC1(CN)CCN(C(=O)C2CC(=O)N(c3ccc4c(c3)Cc3ccccc3-4)C2)C1.Cl. The summed E-state index contributed by atoms with van der Waals surface area (Å²) in [6.45, 7) is 4.64. The highest BCUT2D eigenvalue weighted by molar-refractivity contribution is 6.00. The topological polar surface area (TPSA) is 66.6 Å². The first-order valence-electron chi connectivity index (χ1n) is 10.5. The molecule has 3 aliphatic rings. The molecule has 2 unspecified atom stereocenters. The number of likely N-dealkylation sites (tertiary alicyclic amines) is 1. The number of carbonyl (C=O) groups is 2. The quantitative estimate of drug-likeness (QED) is 0.700. The fraction of sp³-hybridized carbons (Fsp3) is 0.417. The summed E-state index contributed by atoms with van der Waals surface area (Å²) < 4.78 is 0. The van der Waals surface area contributed by atoms with Crippen molar-refractivity contribution in [3.8, 4) is 11.1 Å². The van der Waals surface area contributed by atoms with Crippen LogP contribution < -0.4 is 10.6 Å². The molecule has 2 heterocycles. The summed E-state index contributed by atoms with van der Waals surface area (Å²) in [6.07, 6.45) is 2.13. The van der Waals surface area contributed by atoms with Crippen molar-refractivity contribution in [2.45, 2.75) is 26.2 Å². The van der Waals surface area contributed by atoms with Crippen molar-refractivity contribution in [2.24, 2.45) is 17.1 Å². The Morgan fingerprint density at radius 3 is 2.70 bits per heavy atom. The molecule has 0 radical (unpaired) electrons. The van der Waals surface area contributed by atoms with Gasteiger partial charge in [0.15, 0.2) is 0 Å². The molecule has 2 saturated heterocycles. The zero-order valence-electron chi connectivity index (χ0n) is 17.3. The Morgan fingerprint density at radius 2 is 1.93 bits per heavy atom. The smallest absolute Gasteiger partial charge is 0.228 e. The second-order valence-corrected chi connectivity index (χ2v) is 9.11. The van der Waals surface area contributed by atoms with E-state index >= 15 is 0 Å². The molecule has 2 aromatic rings. The highest BCUT2D eigenvalue weighted by Gasteiger charge is 2.41. The van der Waals surface area contributed by atoms with E-state index in [9.17, 15) is 9.59 Å². The van der Waals surface area contributed by atoms with Crippen LogP contribution in [0.5, 0.6) is 0 Å². The number of nitrogens with two attached hydrogens (primary N) is 1. The van der Waals surface area contributed by atoms with Crippen molar-refractivity contribution >= 4 is 29.9 Å². The van der Waals surface area contributed by atoms with Gasteiger partial charge in [-0.15, -0.1) is 12.4 Å². The van der Waals surface area contributed by atoms with Gasteiger partial charge in [0.05, 0.1) is 5.92 Å². The first-order chi connectivity index (χ1) is 14.0. The molecule has 2 amide bonds. The Labute approximate surface area is 183 Å². The average molecular weight is 426 g/mol. The maximum absolute atomic E-state index is 13.0. The van der Waals surface area contributed by atoms with Crippen molar-refractivity contribution < 1.29 is 9.59 Å². The lowest BCUT2D eigenvalue weighted by Gasteiger charge is -2.24. The molecule has 0 spiro atoms. The Balaban J connectivity index is 0.00000218. The lowest BCUT2D eigenvalue weighted by molar-refractivity contribution is -0.135. The van der Waals surface area contributed by atoms with Gasteiger partial charge in [0.2, 0.25) is 11.8 Å². The van der Waals surface area contributed by atoms with Gasteiger partial charge in [0.25, 0.3) is 0 Å². The lowest BCUT2D eigenvalue weighted by atomic mass is 9.90. The number of amides is 2. The Kier molecular flexibility index (Phi) is 5.37. The number of carbonyl (C=O) groups excluding carboxylic acids is 2. The van der Waals surface area contributed by atoms with Crippen molar-refractivity contribution in [3.05, 3.63) is 53.6 Å². The van der Waals surface area contributed by atoms with Crippen LogP contribution in [0.4, 0.5) is 5.69 Å². The number of hydrogen-bond donors (Lipinski definition) is 1. The van der Waals surface area contributed by atoms with Gasteiger partial charge in [-0.1, -0.05) is 37.3 Å². The zero-order chi connectivity index (χ0) is 20.2. The molecule has 0 aromatic heterocycles. The minimum absolute atomic E-state index is 0. The molecular formula is C24H28ClN3O2. The minimum Gasteiger partial charge on any atom is -0.342 e. The fourth-order valence-corrected chi connectivity index (χ4v) is 5.06. The number of rotatable bonds is 3. The van der Waals surface area contributed by atoms with Crippen molar-refractivity contribution in [2.75, 3.05) is 31.1 Å². The number of nitrogens with zero attached hydrogens (tertiary/aromatic N) is 2. The first kappa shape index (κ1) is 20.9. The van der Waals surface area contributed by atoms with Crippen LogP contribution in [0.3, 0.4) is 0 Å². The molecule has 1 aliphatic carbocycles. The second kappa shape index (κ2) is 7.71. The van der Waals surface area contributed by atoms with E-state index in [-0.39, 0.29) is 35.6 Å². The first-order valence-corrected chi connectivity index (χ1v) is 10.5. The predicted molar refractivity (Wildman–Crippen MR) is 121 cm³/mol. The Hall–Kier alpha value is -2.37. The number of halogens is 1. The van der Waals surface area contributed by atoms with Gasteiger partial charge in [0.1, 0.15) is 0 Å². The van der Waals surface area contributed by atoms with Gasteiger partial charge >= 0.3 is 0 Å². The van der Waals surface area contributed by atoms with Gasteiger partial charge in [-0.05, 0) is 59.2 Å². The molecule has 2 fully saturated rings. The summed E-state index contributed by atoms with van der Waals surface area (Å²) in [5, 5.41) is 0. The number of fused-ring (bicyclic) bond motifs is 3. The molecule has 30 heavy (non-hydrogen) atoms. The summed E-state index contributed by atoms with van der Waals surface area (Å²) in [6, 6.07) is 14.7. The van der Waals surface area contributed by atoms with Gasteiger partial charge in [0, 0.05) is 31.7 Å². The maximum atomic E-state index is 13.0. The predicted octanol–water partition coefficient (Wildman–Crippen LogP) is 3.23. The highest BCUT2D eigenvalue weighted by atomic mass is 35.5. The van der Waals surface area contributed by atoms with Crippen LogP contribution >= 0.6 is 12.4 Å². The lowest BCUT2D eigenvalue weighted by Crippen LogP contribution is -2.38. The molecule has 2 N–H and O–H groups in total. The van der Waals surface area contributed by atoms with E-state index in [4.69, 9.17) is 5.73 Å². The standard InChI is InChI=1S/C24H27N3O2.ClH/c1-24(14-25)8-9-26(15-24)23(29)18-12-22(28)27(13-18)19-6-7-21-17(11-19)10-16-4-2-3-5-20(16)21;/h2-7,11,18H,8-10,12-15,25H2,1H3;1H. The average Bonchev–Trinajstić information content (AvgIpc) is 3.42. The van der Waals surface area contributed by atoms with E-state index in [0.717, 1.165) is 25.1 Å². The van der Waals surface area contributed by atoms with Crippen molar-refractivity contribution in [1.29, 1.82) is 0 Å². The van der Waals surface area contributed by atoms with Crippen LogP contribution in [0.25, 0.3) is 11.1 Å². The third kappa shape index (κ3) is 3.40. The van der Waals surface area contributed by atoms with Gasteiger partial charge < -0.3 is 15.5 Å². The molecule has 2 aliphatic heterocycles. The number of hydrogen-bond acceptors (Lipinski definition) is 3. The van der Waals surface area contributed by atoms with Crippen molar-refractivity contribution in [3.63, 3.8) is 0 Å². The number of benzene rings is 2. The zero-order valence-corrected chi connectivity index (χ0v) is 18.1. The summed E-state index contributed by atoms with van der Waals surface area (Å²) >= 11 is 0. The largest absolute Gasteiger partial charge is 0.342 e. The summed E-state index contributed by atoms with van der Waals surface area (Å²) in [4.78, 5) is 29.5. The van der Waals surface area contributed by atoms with Crippen LogP contribution in [-0.2, 0) is 16.0 Å². The fourth-order valence-electron chi connectivity index (χ4n) is 5.06. The molecule has 6 heteroatoms. The van der Waals surface area contributed by atoms with E-state index in [2.05, 4.69) is 43.3 Å². The molecule has 0 saturated carbocycles. The van der Waals surface area contributed by atoms with E-state index in [1.165, 1.54) is 22.3 Å². The van der Waals surface area contributed by atoms with E-state index in [0.29, 0.717) is 26.1 Å². The molecular weight excluding hydrogens is 398 g/mol. The second-order valence-electron chi connectivity index (χ2n) is 9.11. The summed E-state index contributed by atoms with van der Waals surface area (Å²) in [7, 11) is 0. The van der Waals surface area contributed by atoms with E-state index in [1.807, 2.05) is 11.0 Å². The molecule has 158 valence electrons. The Bertz CT molecular complexity index is 1010. The van der Waals surface area contributed by atoms with Crippen LogP contribution in [0.2, 0.25) is 0 Å². The molecule has 2 aromatic carbocycles. The van der Waals surface area contributed by atoms with E-state index < -0.39 is 0 Å². The van der Waals surface area contributed by atoms with E-state index in [1.54, 1.807) is 4.90 Å². The van der Waals surface area contributed by atoms with Gasteiger partial charge in [-0.25, -0.2) is 0 Å². The minimum atomic E-state index is -0.256. The van der Waals surface area contributed by atoms with Crippen LogP contribution in [0.1, 0.15) is 30.9 Å². The highest BCUT2D eigenvalue weighted by Crippen LogP contribution is 2.39. The van der Waals surface area contributed by atoms with Gasteiger partial charge in [-0.3, -0.25) is 9.59 Å². The molecule has 5 rings (SSSR count). The summed E-state index contributed by atoms with van der Waals surface area (Å²) in [5.74, 6) is -0.112. The van der Waals surface area contributed by atoms with Gasteiger partial charge in [-0.2, -0.15) is 0 Å². The molecule has 2 atom stereocenters. The van der Waals surface area contributed by atoms with Crippen LogP contribution in [-0.4, -0.2) is 42.9 Å². The monoisotopic (exact) mass is 425 g/mol. The third-order valence-electron chi connectivity index (χ3n) is 6.93. The normalized spacial score (nSPS) is 24.6. The molecule has 0 bridgehead atoms. The Morgan fingerprint density at radius 1 is 1.17 bits per heavy atom. The summed E-state index contributed by atoms with van der Waals surface area (Å²) in [5.41, 5.74) is 11.9. The van der Waals surface area contributed by atoms with Crippen molar-refractivity contribution in [1.82, 2.24) is 4.90 Å². The molecule has 5 nitrogen and oxygen atoms in total. The number of anilines is 1. The third-order valence-corrected chi connectivity index (χ3v) is 6.93. The maximum Gasteiger partial charge on any atom is 0.228 e. The van der Waals surface area contributed by atoms with Crippen LogP contribution in [0, 0.1) is 11.3 Å².